The van der Waals surface area contributed by atoms with Gasteiger partial charge in [-0.15, -0.1) is 0 Å². The monoisotopic (exact) mass is 204 g/mol. The molecule has 0 spiro atoms. The molecule has 4 nitrogen and oxygen atoms in total. The van der Waals surface area contributed by atoms with Gasteiger partial charge in [-0.2, -0.15) is 5.26 Å². The second kappa shape index (κ2) is 5.11. The Bertz CT molecular complexity index is 396. The minimum absolute atomic E-state index is 0.0452. The smallest absolute Gasteiger partial charge is 0.258 e. The third kappa shape index (κ3) is 2.78. The highest BCUT2D eigenvalue weighted by molar-refractivity contribution is 5.37. The van der Waals surface area contributed by atoms with Crippen molar-refractivity contribution in [2.45, 2.75) is 25.7 Å². The highest BCUT2D eigenvalue weighted by atomic mass is 16.6. The van der Waals surface area contributed by atoms with E-state index in [2.05, 4.69) is 6.07 Å². The standard InChI is InChI=1S/C11H12N2O2/c1-2-4-10(8-12)9-5-3-6-11(7-9)13(14)15/h3,5-7,10H,2,4H2,1H3. The zero-order valence-electron chi connectivity index (χ0n) is 8.51. The molecule has 78 valence electrons. The molecule has 0 aliphatic rings. The number of hydrogen-bond acceptors (Lipinski definition) is 3. The van der Waals surface area contributed by atoms with Crippen LogP contribution in [0.25, 0.3) is 0 Å². The minimum atomic E-state index is -0.441. The van der Waals surface area contributed by atoms with E-state index in [4.69, 9.17) is 5.26 Å². The predicted molar refractivity (Wildman–Crippen MR) is 56.4 cm³/mol. The number of nitro benzene ring substituents is 1. The van der Waals surface area contributed by atoms with Crippen LogP contribution in [0.5, 0.6) is 0 Å². The Morgan fingerprint density at radius 2 is 2.33 bits per heavy atom. The summed E-state index contributed by atoms with van der Waals surface area (Å²) in [4.78, 5) is 10.1. The van der Waals surface area contributed by atoms with Crippen LogP contribution in [-0.2, 0) is 0 Å². The number of nitriles is 1. The van der Waals surface area contributed by atoms with Gasteiger partial charge in [0.25, 0.3) is 5.69 Å². The fourth-order valence-electron chi connectivity index (χ4n) is 1.45. The van der Waals surface area contributed by atoms with Gasteiger partial charge in [0.2, 0.25) is 0 Å². The van der Waals surface area contributed by atoms with Crippen molar-refractivity contribution >= 4 is 5.69 Å². The molecule has 4 heteroatoms. The largest absolute Gasteiger partial charge is 0.269 e. The Hall–Kier alpha value is -1.89. The van der Waals surface area contributed by atoms with E-state index in [0.717, 1.165) is 18.4 Å². The number of benzene rings is 1. The first-order chi connectivity index (χ1) is 7.19. The van der Waals surface area contributed by atoms with Crippen LogP contribution in [0.3, 0.4) is 0 Å². The van der Waals surface area contributed by atoms with Crippen molar-refractivity contribution in [3.05, 3.63) is 39.9 Å². The van der Waals surface area contributed by atoms with Crippen molar-refractivity contribution in [3.8, 4) is 6.07 Å². The van der Waals surface area contributed by atoms with Crippen LogP contribution in [0.2, 0.25) is 0 Å². The van der Waals surface area contributed by atoms with E-state index in [1.165, 1.54) is 12.1 Å². The Kier molecular flexibility index (Phi) is 3.81. The number of rotatable bonds is 4. The third-order valence-corrected chi connectivity index (χ3v) is 2.22. The maximum absolute atomic E-state index is 10.5. The van der Waals surface area contributed by atoms with Crippen molar-refractivity contribution in [2.75, 3.05) is 0 Å². The van der Waals surface area contributed by atoms with Gasteiger partial charge in [-0.1, -0.05) is 25.5 Å². The summed E-state index contributed by atoms with van der Waals surface area (Å²) in [6.07, 6.45) is 1.62. The summed E-state index contributed by atoms with van der Waals surface area (Å²) < 4.78 is 0. The summed E-state index contributed by atoms with van der Waals surface area (Å²) in [5.74, 6) is -0.241. The number of nitro groups is 1. The van der Waals surface area contributed by atoms with Gasteiger partial charge < -0.3 is 0 Å². The zero-order valence-corrected chi connectivity index (χ0v) is 8.51. The molecule has 0 aliphatic heterocycles. The van der Waals surface area contributed by atoms with Crippen LogP contribution in [-0.4, -0.2) is 4.92 Å². The van der Waals surface area contributed by atoms with Crippen LogP contribution in [0, 0.1) is 21.4 Å². The van der Waals surface area contributed by atoms with Gasteiger partial charge >= 0.3 is 0 Å². The first kappa shape index (κ1) is 11.2. The maximum atomic E-state index is 10.5. The Labute approximate surface area is 88.3 Å². The van der Waals surface area contributed by atoms with E-state index in [0.29, 0.717) is 0 Å². The van der Waals surface area contributed by atoms with E-state index >= 15 is 0 Å². The average Bonchev–Trinajstić information content (AvgIpc) is 2.26. The molecule has 1 aromatic carbocycles. The van der Waals surface area contributed by atoms with E-state index in [1.54, 1.807) is 12.1 Å². The second-order valence-electron chi connectivity index (χ2n) is 3.32. The average molecular weight is 204 g/mol. The zero-order chi connectivity index (χ0) is 11.3. The topological polar surface area (TPSA) is 66.9 Å². The first-order valence-electron chi connectivity index (χ1n) is 4.83. The van der Waals surface area contributed by atoms with Crippen LogP contribution in [0.4, 0.5) is 5.69 Å². The third-order valence-electron chi connectivity index (χ3n) is 2.22. The Balaban J connectivity index is 2.99. The fraction of sp³-hybridized carbons (Fsp3) is 0.364. The van der Waals surface area contributed by atoms with Crippen LogP contribution in [0.15, 0.2) is 24.3 Å². The molecule has 1 unspecified atom stereocenters. The van der Waals surface area contributed by atoms with Crippen LogP contribution < -0.4 is 0 Å². The molecule has 0 amide bonds. The van der Waals surface area contributed by atoms with Gasteiger partial charge in [0.15, 0.2) is 0 Å². The highest BCUT2D eigenvalue weighted by Gasteiger charge is 2.13. The normalized spacial score (nSPS) is 11.7. The maximum Gasteiger partial charge on any atom is 0.269 e. The van der Waals surface area contributed by atoms with Crippen molar-refractivity contribution < 1.29 is 4.92 Å². The van der Waals surface area contributed by atoms with Crippen molar-refractivity contribution in [1.29, 1.82) is 5.26 Å². The van der Waals surface area contributed by atoms with Gasteiger partial charge in [0.05, 0.1) is 16.9 Å². The minimum Gasteiger partial charge on any atom is -0.258 e. The summed E-state index contributed by atoms with van der Waals surface area (Å²) >= 11 is 0. The molecule has 1 rings (SSSR count). The van der Waals surface area contributed by atoms with Gasteiger partial charge in [-0.3, -0.25) is 10.1 Å². The molecule has 0 saturated carbocycles. The highest BCUT2D eigenvalue weighted by Crippen LogP contribution is 2.23. The molecule has 0 fully saturated rings. The van der Waals surface area contributed by atoms with E-state index in [9.17, 15) is 10.1 Å². The molecule has 0 saturated heterocycles. The van der Waals surface area contributed by atoms with Crippen molar-refractivity contribution in [2.24, 2.45) is 0 Å². The van der Waals surface area contributed by atoms with E-state index in [1.807, 2.05) is 6.92 Å². The van der Waals surface area contributed by atoms with Crippen LogP contribution in [0.1, 0.15) is 31.2 Å². The summed E-state index contributed by atoms with van der Waals surface area (Å²) in [6.45, 7) is 1.99. The lowest BCUT2D eigenvalue weighted by molar-refractivity contribution is -0.384. The Morgan fingerprint density at radius 3 is 2.87 bits per heavy atom. The lowest BCUT2D eigenvalue weighted by Crippen LogP contribution is -1.96. The van der Waals surface area contributed by atoms with Crippen molar-refractivity contribution in [1.82, 2.24) is 0 Å². The summed E-state index contributed by atoms with van der Waals surface area (Å²) in [7, 11) is 0. The summed E-state index contributed by atoms with van der Waals surface area (Å²) in [5, 5.41) is 19.5. The SMILES string of the molecule is CCCC(C#N)c1cccc([N+](=O)[O-])c1. The number of hydrogen-bond donors (Lipinski definition) is 0. The van der Waals surface area contributed by atoms with Crippen LogP contribution >= 0.6 is 0 Å². The Morgan fingerprint density at radius 1 is 1.60 bits per heavy atom. The molecule has 15 heavy (non-hydrogen) atoms. The molecular weight excluding hydrogens is 192 g/mol. The quantitative estimate of drug-likeness (QED) is 0.559. The van der Waals surface area contributed by atoms with Gasteiger partial charge in [-0.25, -0.2) is 0 Å². The molecule has 0 aromatic heterocycles. The molecule has 0 bridgehead atoms. The lowest BCUT2D eigenvalue weighted by atomic mass is 9.96. The summed E-state index contributed by atoms with van der Waals surface area (Å²) in [6, 6.07) is 8.45. The molecule has 0 N–H and O–H groups in total. The number of nitrogens with zero attached hydrogens (tertiary/aromatic N) is 2. The van der Waals surface area contributed by atoms with Gasteiger partial charge in [-0.05, 0) is 12.0 Å². The molecule has 0 radical (unpaired) electrons. The molecule has 1 atom stereocenters. The molecule has 0 aliphatic carbocycles. The van der Waals surface area contributed by atoms with Gasteiger partial charge in [0.1, 0.15) is 0 Å². The predicted octanol–water partition coefficient (Wildman–Crippen LogP) is 3.00. The fourth-order valence-corrected chi connectivity index (χ4v) is 1.45. The lowest BCUT2D eigenvalue weighted by Gasteiger charge is -2.06. The molecular formula is C11H12N2O2. The second-order valence-corrected chi connectivity index (χ2v) is 3.32. The van der Waals surface area contributed by atoms with Gasteiger partial charge in [0, 0.05) is 12.1 Å². The van der Waals surface area contributed by atoms with E-state index < -0.39 is 4.92 Å². The van der Waals surface area contributed by atoms with Crippen molar-refractivity contribution in [3.63, 3.8) is 0 Å². The van der Waals surface area contributed by atoms with E-state index in [-0.39, 0.29) is 11.6 Å². The first-order valence-corrected chi connectivity index (χ1v) is 4.83. The summed E-state index contributed by atoms with van der Waals surface area (Å²) in [5.41, 5.74) is 0.775. The molecule has 0 heterocycles. The molecule has 1 aromatic rings. The number of non-ortho nitro benzene ring substituents is 1.